The van der Waals surface area contributed by atoms with Crippen molar-refractivity contribution in [3.8, 4) is 22.6 Å². The number of hydrogen-bond donors (Lipinski definition) is 0. The van der Waals surface area contributed by atoms with Crippen LogP contribution >= 0.6 is 23.2 Å². The lowest BCUT2D eigenvalue weighted by Gasteiger charge is -2.20. The van der Waals surface area contributed by atoms with Crippen LogP contribution in [0.25, 0.3) is 22.6 Å². The third-order valence-corrected chi connectivity index (χ3v) is 5.34. The molecular weight excluding hydrogens is 397 g/mol. The summed E-state index contributed by atoms with van der Waals surface area (Å²) in [5.74, 6) is 0.953. The smallest absolute Gasteiger partial charge is 0.311 e. The first-order valence-electron chi connectivity index (χ1n) is 8.91. The highest BCUT2D eigenvalue weighted by Gasteiger charge is 2.29. The lowest BCUT2D eigenvalue weighted by molar-refractivity contribution is -0.151. The summed E-state index contributed by atoms with van der Waals surface area (Å²) in [6, 6.07) is 15.1. The normalized spacial score (nSPS) is 11.5. The van der Waals surface area contributed by atoms with E-state index in [1.54, 1.807) is 12.1 Å². The second-order valence-corrected chi connectivity index (χ2v) is 7.97. The Labute approximate surface area is 174 Å². The molecule has 3 rings (SSSR count). The van der Waals surface area contributed by atoms with E-state index in [0.29, 0.717) is 40.2 Å². The third kappa shape index (κ3) is 4.40. The SMILES string of the molecule is COC(=O)C(C)(C)CCc1nc(-c2ccc(Cl)c(Cl)c2)c(-c2ccccc2)o1. The maximum Gasteiger partial charge on any atom is 0.311 e. The number of aryl methyl sites for hydroxylation is 1. The zero-order valence-electron chi connectivity index (χ0n) is 16.0. The van der Waals surface area contributed by atoms with Crippen LogP contribution in [-0.2, 0) is 16.0 Å². The minimum absolute atomic E-state index is 0.257. The Morgan fingerprint density at radius 3 is 2.43 bits per heavy atom. The van der Waals surface area contributed by atoms with E-state index in [1.165, 1.54) is 7.11 Å². The molecule has 0 atom stereocenters. The molecule has 28 heavy (non-hydrogen) atoms. The van der Waals surface area contributed by atoms with Gasteiger partial charge in [-0.2, -0.15) is 0 Å². The van der Waals surface area contributed by atoms with E-state index in [-0.39, 0.29) is 5.97 Å². The van der Waals surface area contributed by atoms with Crippen LogP contribution in [0.15, 0.2) is 52.9 Å². The Balaban J connectivity index is 1.98. The van der Waals surface area contributed by atoms with Gasteiger partial charge < -0.3 is 9.15 Å². The van der Waals surface area contributed by atoms with E-state index in [0.717, 1.165) is 11.1 Å². The van der Waals surface area contributed by atoms with Gasteiger partial charge in [0.05, 0.1) is 22.6 Å². The zero-order valence-corrected chi connectivity index (χ0v) is 17.5. The number of carbonyl (C=O) groups is 1. The van der Waals surface area contributed by atoms with Crippen LogP contribution in [0.3, 0.4) is 0 Å². The molecular formula is C22H21Cl2NO3. The zero-order chi connectivity index (χ0) is 20.3. The standard InChI is InChI=1S/C22H21Cl2NO3/c1-22(2,21(26)27-3)12-11-18-25-19(15-9-10-16(23)17(24)13-15)20(28-18)14-7-5-4-6-8-14/h4-10,13H,11-12H2,1-3H3. The molecule has 0 amide bonds. The van der Waals surface area contributed by atoms with Gasteiger partial charge in [0.25, 0.3) is 0 Å². The Hall–Kier alpha value is -2.30. The highest BCUT2D eigenvalue weighted by molar-refractivity contribution is 6.42. The number of ether oxygens (including phenoxy) is 1. The van der Waals surface area contributed by atoms with Crippen molar-refractivity contribution >= 4 is 29.2 Å². The van der Waals surface area contributed by atoms with Gasteiger partial charge in [-0.1, -0.05) is 59.6 Å². The van der Waals surface area contributed by atoms with E-state index in [9.17, 15) is 4.79 Å². The molecule has 1 heterocycles. The van der Waals surface area contributed by atoms with Gasteiger partial charge >= 0.3 is 5.97 Å². The van der Waals surface area contributed by atoms with E-state index in [2.05, 4.69) is 0 Å². The number of rotatable bonds is 6. The molecule has 0 radical (unpaired) electrons. The number of carbonyl (C=O) groups excluding carboxylic acids is 1. The van der Waals surface area contributed by atoms with Crippen molar-refractivity contribution in [3.63, 3.8) is 0 Å². The molecule has 0 aliphatic heterocycles. The van der Waals surface area contributed by atoms with Crippen molar-refractivity contribution in [1.29, 1.82) is 0 Å². The van der Waals surface area contributed by atoms with Crippen LogP contribution < -0.4 is 0 Å². The minimum Gasteiger partial charge on any atom is -0.469 e. The van der Waals surface area contributed by atoms with Gasteiger partial charge in [0, 0.05) is 17.5 Å². The van der Waals surface area contributed by atoms with Crippen molar-refractivity contribution in [2.24, 2.45) is 5.41 Å². The summed E-state index contributed by atoms with van der Waals surface area (Å²) in [5, 5.41) is 0.935. The lowest BCUT2D eigenvalue weighted by Crippen LogP contribution is -2.26. The first-order valence-corrected chi connectivity index (χ1v) is 9.66. The summed E-state index contributed by atoms with van der Waals surface area (Å²) < 4.78 is 11.0. The van der Waals surface area contributed by atoms with Crippen molar-refractivity contribution in [3.05, 3.63) is 64.5 Å². The lowest BCUT2D eigenvalue weighted by atomic mass is 9.88. The highest BCUT2D eigenvalue weighted by Crippen LogP contribution is 2.36. The number of aromatic nitrogens is 1. The molecule has 3 aromatic rings. The van der Waals surface area contributed by atoms with Gasteiger partial charge in [-0.05, 0) is 32.4 Å². The molecule has 0 spiro atoms. The Kier molecular flexibility index (Phi) is 6.11. The molecule has 1 aromatic heterocycles. The number of esters is 1. The highest BCUT2D eigenvalue weighted by atomic mass is 35.5. The maximum absolute atomic E-state index is 11.9. The van der Waals surface area contributed by atoms with Gasteiger partial charge in [0.15, 0.2) is 11.7 Å². The minimum atomic E-state index is -0.625. The summed E-state index contributed by atoms with van der Waals surface area (Å²) in [6.07, 6.45) is 1.05. The van der Waals surface area contributed by atoms with E-state index in [4.69, 9.17) is 37.3 Å². The number of methoxy groups -OCH3 is 1. The Bertz CT molecular complexity index is 981. The number of oxazole rings is 1. The second kappa shape index (κ2) is 8.38. The summed E-state index contributed by atoms with van der Waals surface area (Å²) in [5.41, 5.74) is 1.79. The average molecular weight is 418 g/mol. The van der Waals surface area contributed by atoms with Gasteiger partial charge in [-0.15, -0.1) is 0 Å². The number of nitrogens with zero attached hydrogens (tertiary/aromatic N) is 1. The number of halogens is 2. The summed E-state index contributed by atoms with van der Waals surface area (Å²) in [7, 11) is 1.39. The van der Waals surface area contributed by atoms with E-state index >= 15 is 0 Å². The van der Waals surface area contributed by atoms with Crippen molar-refractivity contribution in [2.75, 3.05) is 7.11 Å². The summed E-state index contributed by atoms with van der Waals surface area (Å²) in [6.45, 7) is 3.69. The topological polar surface area (TPSA) is 52.3 Å². The maximum atomic E-state index is 11.9. The number of benzene rings is 2. The molecule has 4 nitrogen and oxygen atoms in total. The van der Waals surface area contributed by atoms with E-state index < -0.39 is 5.41 Å². The van der Waals surface area contributed by atoms with Gasteiger partial charge in [-0.25, -0.2) is 4.98 Å². The fourth-order valence-electron chi connectivity index (χ4n) is 2.89. The second-order valence-electron chi connectivity index (χ2n) is 7.16. The molecule has 0 aliphatic carbocycles. The monoisotopic (exact) mass is 417 g/mol. The van der Waals surface area contributed by atoms with Gasteiger partial charge in [0.2, 0.25) is 0 Å². The molecule has 0 fully saturated rings. The fraction of sp³-hybridized carbons (Fsp3) is 0.273. The van der Waals surface area contributed by atoms with Gasteiger partial charge in [0.1, 0.15) is 5.69 Å². The van der Waals surface area contributed by atoms with Crippen LogP contribution in [-0.4, -0.2) is 18.1 Å². The molecule has 2 aromatic carbocycles. The number of hydrogen-bond acceptors (Lipinski definition) is 4. The summed E-state index contributed by atoms with van der Waals surface area (Å²) >= 11 is 12.3. The molecule has 146 valence electrons. The van der Waals surface area contributed by atoms with Crippen LogP contribution in [0.2, 0.25) is 10.0 Å². The predicted molar refractivity (Wildman–Crippen MR) is 112 cm³/mol. The molecule has 0 N–H and O–H groups in total. The summed E-state index contributed by atoms with van der Waals surface area (Å²) in [4.78, 5) is 16.6. The Morgan fingerprint density at radius 1 is 1.07 bits per heavy atom. The van der Waals surface area contributed by atoms with Crippen molar-refractivity contribution in [2.45, 2.75) is 26.7 Å². The molecule has 0 saturated carbocycles. The molecule has 0 saturated heterocycles. The quantitative estimate of drug-likeness (QED) is 0.432. The molecule has 6 heteroatoms. The largest absolute Gasteiger partial charge is 0.469 e. The van der Waals surface area contributed by atoms with Crippen LogP contribution in [0.4, 0.5) is 0 Å². The molecule has 0 bridgehead atoms. The Morgan fingerprint density at radius 2 is 1.79 bits per heavy atom. The van der Waals surface area contributed by atoms with Crippen LogP contribution in [0, 0.1) is 5.41 Å². The molecule has 0 unspecified atom stereocenters. The third-order valence-electron chi connectivity index (χ3n) is 4.60. The van der Waals surface area contributed by atoms with Crippen molar-refractivity contribution in [1.82, 2.24) is 4.98 Å². The van der Waals surface area contributed by atoms with Crippen LogP contribution in [0.1, 0.15) is 26.2 Å². The predicted octanol–water partition coefficient (Wildman–Crippen LogP) is 6.45. The van der Waals surface area contributed by atoms with Crippen molar-refractivity contribution < 1.29 is 13.9 Å². The van der Waals surface area contributed by atoms with Crippen LogP contribution in [0.5, 0.6) is 0 Å². The first-order chi connectivity index (χ1) is 13.3. The average Bonchev–Trinajstić information content (AvgIpc) is 3.13. The van der Waals surface area contributed by atoms with Gasteiger partial charge in [-0.3, -0.25) is 4.79 Å². The molecule has 0 aliphatic rings. The fourth-order valence-corrected chi connectivity index (χ4v) is 3.19. The van der Waals surface area contributed by atoms with E-state index in [1.807, 2.05) is 50.2 Å². The first kappa shape index (κ1) is 20.4.